The zero-order chi connectivity index (χ0) is 28.9. The SMILES string of the molecule is CCCN(CCC)C(=O)C(=O)NCC(C)C(=O)NC(CCc1ccccc1)C(=O)Nc1c[nH+]c2ccccc2c1. The number of anilines is 1. The number of aromatic nitrogens is 1. The number of amides is 4. The van der Waals surface area contributed by atoms with Crippen LogP contribution in [0.1, 0.15) is 45.6 Å². The van der Waals surface area contributed by atoms with Crippen LogP contribution in [0.3, 0.4) is 0 Å². The lowest BCUT2D eigenvalue weighted by molar-refractivity contribution is -0.343. The van der Waals surface area contributed by atoms with Crippen LogP contribution in [-0.4, -0.2) is 54.2 Å². The molecule has 2 unspecified atom stereocenters. The van der Waals surface area contributed by atoms with Crippen LogP contribution in [0.4, 0.5) is 5.69 Å². The van der Waals surface area contributed by atoms with Gasteiger partial charge in [0.1, 0.15) is 11.7 Å². The summed E-state index contributed by atoms with van der Waals surface area (Å²) < 4.78 is 0. The van der Waals surface area contributed by atoms with Gasteiger partial charge in [-0.1, -0.05) is 63.2 Å². The van der Waals surface area contributed by atoms with E-state index in [0.717, 1.165) is 29.3 Å². The molecule has 0 saturated carbocycles. The van der Waals surface area contributed by atoms with Crippen molar-refractivity contribution in [2.75, 3.05) is 25.0 Å². The van der Waals surface area contributed by atoms with E-state index in [2.05, 4.69) is 20.9 Å². The third-order valence-electron chi connectivity index (χ3n) is 6.60. The molecule has 0 aliphatic rings. The highest BCUT2D eigenvalue weighted by atomic mass is 16.2. The smallest absolute Gasteiger partial charge is 0.311 e. The number of para-hydroxylation sites is 1. The Hall–Kier alpha value is -4.27. The summed E-state index contributed by atoms with van der Waals surface area (Å²) in [4.78, 5) is 56.0. The van der Waals surface area contributed by atoms with Crippen LogP contribution in [0, 0.1) is 5.92 Å². The lowest BCUT2D eigenvalue weighted by atomic mass is 10.0. The predicted octanol–water partition coefficient (Wildman–Crippen LogP) is 3.11. The first-order valence-electron chi connectivity index (χ1n) is 13.9. The van der Waals surface area contributed by atoms with Crippen molar-refractivity contribution in [2.45, 2.75) is 52.5 Å². The average Bonchev–Trinajstić information content (AvgIpc) is 2.97. The number of hydrogen-bond acceptors (Lipinski definition) is 4. The Balaban J connectivity index is 1.64. The molecule has 2 atom stereocenters. The Kier molecular flexibility index (Phi) is 11.6. The van der Waals surface area contributed by atoms with Crippen LogP contribution in [0.15, 0.2) is 66.9 Å². The van der Waals surface area contributed by atoms with E-state index in [1.165, 1.54) is 4.90 Å². The summed E-state index contributed by atoms with van der Waals surface area (Å²) in [5.41, 5.74) is 2.58. The molecule has 9 heteroatoms. The molecule has 0 aliphatic carbocycles. The number of carbonyl (C=O) groups excluding carboxylic acids is 4. The van der Waals surface area contributed by atoms with E-state index in [1.807, 2.05) is 74.5 Å². The zero-order valence-corrected chi connectivity index (χ0v) is 23.5. The fourth-order valence-corrected chi connectivity index (χ4v) is 4.37. The third kappa shape index (κ3) is 8.90. The summed E-state index contributed by atoms with van der Waals surface area (Å²) in [6.45, 7) is 6.54. The van der Waals surface area contributed by atoms with Crippen molar-refractivity contribution in [2.24, 2.45) is 5.92 Å². The van der Waals surface area contributed by atoms with Gasteiger partial charge in [0, 0.05) is 31.1 Å². The molecule has 212 valence electrons. The van der Waals surface area contributed by atoms with Crippen LogP contribution in [-0.2, 0) is 25.6 Å². The average molecular weight is 547 g/mol. The lowest BCUT2D eigenvalue weighted by Crippen LogP contribution is -2.49. The van der Waals surface area contributed by atoms with Gasteiger partial charge in [0.25, 0.3) is 0 Å². The van der Waals surface area contributed by atoms with Crippen molar-refractivity contribution in [1.82, 2.24) is 15.5 Å². The van der Waals surface area contributed by atoms with Crippen molar-refractivity contribution in [1.29, 1.82) is 0 Å². The first-order valence-corrected chi connectivity index (χ1v) is 13.9. The second kappa shape index (κ2) is 15.4. The van der Waals surface area contributed by atoms with Crippen LogP contribution >= 0.6 is 0 Å². The maximum atomic E-state index is 13.3. The number of hydrogen-bond donors (Lipinski definition) is 3. The molecule has 0 fully saturated rings. The number of rotatable bonds is 13. The molecule has 2 aromatic carbocycles. The fraction of sp³-hybridized carbons (Fsp3) is 0.387. The number of benzene rings is 2. The number of aryl methyl sites for hydroxylation is 1. The predicted molar refractivity (Wildman–Crippen MR) is 155 cm³/mol. The number of nitrogens with zero attached hydrogens (tertiary/aromatic N) is 1. The van der Waals surface area contributed by atoms with Crippen LogP contribution in [0.5, 0.6) is 0 Å². The summed E-state index contributed by atoms with van der Waals surface area (Å²) in [5.74, 6) is -2.70. The first kappa shape index (κ1) is 30.3. The van der Waals surface area contributed by atoms with Gasteiger partial charge in [-0.2, -0.15) is 0 Å². The fourth-order valence-electron chi connectivity index (χ4n) is 4.37. The van der Waals surface area contributed by atoms with E-state index >= 15 is 0 Å². The number of fused-ring (bicyclic) bond motifs is 1. The quantitative estimate of drug-likeness (QED) is 0.285. The molecular weight excluding hydrogens is 506 g/mol. The molecule has 0 spiro atoms. The maximum Gasteiger partial charge on any atom is 0.311 e. The van der Waals surface area contributed by atoms with E-state index < -0.39 is 23.8 Å². The molecule has 1 aromatic heterocycles. The Labute approximate surface area is 235 Å². The summed E-state index contributed by atoms with van der Waals surface area (Å²) in [6.07, 6.45) is 4.20. The van der Waals surface area contributed by atoms with Gasteiger partial charge in [0.05, 0.1) is 5.92 Å². The molecule has 0 radical (unpaired) electrons. The van der Waals surface area contributed by atoms with Crippen molar-refractivity contribution in [3.63, 3.8) is 0 Å². The molecule has 0 bridgehead atoms. The molecule has 3 aromatic rings. The van der Waals surface area contributed by atoms with Crippen molar-refractivity contribution < 1.29 is 24.2 Å². The highest BCUT2D eigenvalue weighted by Crippen LogP contribution is 2.15. The molecule has 1 heterocycles. The zero-order valence-electron chi connectivity index (χ0n) is 23.5. The van der Waals surface area contributed by atoms with E-state index in [9.17, 15) is 19.2 Å². The molecule has 40 heavy (non-hydrogen) atoms. The van der Waals surface area contributed by atoms with Gasteiger partial charge < -0.3 is 20.9 Å². The Morgan fingerprint density at radius 2 is 1.57 bits per heavy atom. The van der Waals surface area contributed by atoms with Crippen LogP contribution < -0.4 is 20.9 Å². The maximum absolute atomic E-state index is 13.3. The van der Waals surface area contributed by atoms with E-state index in [1.54, 1.807) is 13.1 Å². The minimum atomic E-state index is -0.802. The number of aromatic amines is 1. The minimum Gasteiger partial charge on any atom is -0.347 e. The minimum absolute atomic E-state index is 0.0187. The Morgan fingerprint density at radius 3 is 2.27 bits per heavy atom. The molecule has 4 amide bonds. The van der Waals surface area contributed by atoms with Gasteiger partial charge in [-0.15, -0.1) is 0 Å². The van der Waals surface area contributed by atoms with Crippen molar-refractivity contribution in [3.8, 4) is 0 Å². The summed E-state index contributed by atoms with van der Waals surface area (Å²) in [5, 5.41) is 9.29. The van der Waals surface area contributed by atoms with Gasteiger partial charge in [-0.3, -0.25) is 19.2 Å². The molecule has 0 aliphatic heterocycles. The molecule has 4 N–H and O–H groups in total. The Bertz CT molecular complexity index is 1290. The molecule has 3 rings (SSSR count). The second-order valence-electron chi connectivity index (χ2n) is 9.95. The molecule has 9 nitrogen and oxygen atoms in total. The first-order chi connectivity index (χ1) is 19.3. The number of carbonyl (C=O) groups is 4. The highest BCUT2D eigenvalue weighted by molar-refractivity contribution is 6.35. The van der Waals surface area contributed by atoms with Crippen LogP contribution in [0.25, 0.3) is 10.9 Å². The van der Waals surface area contributed by atoms with Gasteiger partial charge in [0.15, 0.2) is 6.20 Å². The summed E-state index contributed by atoms with van der Waals surface area (Å²) >= 11 is 0. The highest BCUT2D eigenvalue weighted by Gasteiger charge is 2.26. The van der Waals surface area contributed by atoms with Gasteiger partial charge in [0.2, 0.25) is 17.3 Å². The summed E-state index contributed by atoms with van der Waals surface area (Å²) in [6, 6.07) is 18.6. The van der Waals surface area contributed by atoms with E-state index in [-0.39, 0.29) is 18.4 Å². The number of H-pyrrole nitrogens is 1. The van der Waals surface area contributed by atoms with E-state index in [0.29, 0.717) is 31.6 Å². The van der Waals surface area contributed by atoms with Crippen LogP contribution in [0.2, 0.25) is 0 Å². The van der Waals surface area contributed by atoms with E-state index in [4.69, 9.17) is 0 Å². The number of pyridine rings is 1. The van der Waals surface area contributed by atoms with Gasteiger partial charge >= 0.3 is 11.8 Å². The second-order valence-corrected chi connectivity index (χ2v) is 9.95. The molecular formula is C31H40N5O4+. The lowest BCUT2D eigenvalue weighted by Gasteiger charge is -2.22. The Morgan fingerprint density at radius 1 is 0.900 bits per heavy atom. The molecule has 0 saturated heterocycles. The van der Waals surface area contributed by atoms with Gasteiger partial charge in [-0.25, -0.2) is 4.98 Å². The van der Waals surface area contributed by atoms with Crippen molar-refractivity contribution in [3.05, 3.63) is 72.4 Å². The normalized spacial score (nSPS) is 12.3. The van der Waals surface area contributed by atoms with Gasteiger partial charge in [-0.05, 0) is 43.4 Å². The summed E-state index contributed by atoms with van der Waals surface area (Å²) in [7, 11) is 0. The number of nitrogens with one attached hydrogen (secondary N) is 4. The largest absolute Gasteiger partial charge is 0.347 e. The van der Waals surface area contributed by atoms with Crippen molar-refractivity contribution >= 4 is 40.2 Å². The third-order valence-corrected chi connectivity index (χ3v) is 6.60. The monoisotopic (exact) mass is 546 g/mol. The standard InChI is InChI=1S/C31H39N5O4/c1-4-17-36(18-5-2)31(40)30(39)33-20-22(3)28(37)35-27(16-15-23-11-7-6-8-12-23)29(38)34-25-19-24-13-9-10-14-26(24)32-21-25/h6-14,19,21-22,27H,4-5,15-18,20H2,1-3H3,(H,33,39)(H,34,38)(H,35,37)/p+1. The topological polar surface area (TPSA) is 122 Å².